The second-order valence-electron chi connectivity index (χ2n) is 4.04. The molecule has 0 unspecified atom stereocenters. The normalized spacial score (nSPS) is 11.1. The third-order valence-corrected chi connectivity index (χ3v) is 4.76. The topological polar surface area (TPSA) is 83.5 Å². The first-order valence-corrected chi connectivity index (χ1v) is 7.85. The van der Waals surface area contributed by atoms with Crippen LogP contribution in [0.4, 0.5) is 5.69 Å². The lowest BCUT2D eigenvalue weighted by Crippen LogP contribution is -2.14. The monoisotopic (exact) mass is 345 g/mol. The fourth-order valence-electron chi connectivity index (χ4n) is 1.59. The first kappa shape index (κ1) is 15.6. The summed E-state index contributed by atoms with van der Waals surface area (Å²) in [4.78, 5) is 10.7. The number of aromatic carboxylic acids is 1. The van der Waals surface area contributed by atoms with Gasteiger partial charge in [0.1, 0.15) is 4.90 Å². The fourth-order valence-corrected chi connectivity index (χ4v) is 3.48. The van der Waals surface area contributed by atoms with Crippen molar-refractivity contribution in [2.75, 3.05) is 4.72 Å². The molecule has 0 fully saturated rings. The van der Waals surface area contributed by atoms with Crippen LogP contribution in [0.15, 0.2) is 47.4 Å². The van der Waals surface area contributed by atoms with Crippen LogP contribution in [0.3, 0.4) is 0 Å². The van der Waals surface area contributed by atoms with Crippen molar-refractivity contribution in [1.29, 1.82) is 0 Å². The maximum atomic E-state index is 12.2. The Labute approximate surface area is 131 Å². The second-order valence-corrected chi connectivity index (χ2v) is 6.50. The Bertz CT molecular complexity index is 806. The van der Waals surface area contributed by atoms with Crippen LogP contribution in [-0.4, -0.2) is 19.5 Å². The summed E-state index contributed by atoms with van der Waals surface area (Å²) in [7, 11) is -3.91. The minimum absolute atomic E-state index is 0.0227. The van der Waals surface area contributed by atoms with Gasteiger partial charge in [0, 0.05) is 0 Å². The summed E-state index contributed by atoms with van der Waals surface area (Å²) >= 11 is 11.7. The van der Waals surface area contributed by atoms with Gasteiger partial charge in [-0.05, 0) is 30.3 Å². The number of sulfonamides is 1. The van der Waals surface area contributed by atoms with Gasteiger partial charge in [0.05, 0.1) is 21.3 Å². The number of rotatable bonds is 4. The zero-order chi connectivity index (χ0) is 15.6. The molecule has 0 radical (unpaired) electrons. The number of hydrogen-bond donors (Lipinski definition) is 2. The van der Waals surface area contributed by atoms with E-state index in [0.29, 0.717) is 0 Å². The number of carboxylic acid groups (broad SMARTS) is 1. The molecule has 2 rings (SSSR count). The van der Waals surface area contributed by atoms with Crippen molar-refractivity contribution >= 4 is 44.9 Å². The molecule has 0 aliphatic rings. The van der Waals surface area contributed by atoms with E-state index in [1.54, 1.807) is 6.07 Å². The summed E-state index contributed by atoms with van der Waals surface area (Å²) in [6, 6.07) is 9.63. The fraction of sp³-hybridized carbons (Fsp3) is 0. The van der Waals surface area contributed by atoms with Crippen molar-refractivity contribution in [3.05, 3.63) is 58.1 Å². The van der Waals surface area contributed by atoms with Gasteiger partial charge in [-0.25, -0.2) is 13.2 Å². The van der Waals surface area contributed by atoms with E-state index in [4.69, 9.17) is 28.3 Å². The summed E-state index contributed by atoms with van der Waals surface area (Å²) in [6.07, 6.45) is 0. The lowest BCUT2D eigenvalue weighted by molar-refractivity contribution is 0.0697. The quantitative estimate of drug-likeness (QED) is 0.888. The minimum atomic E-state index is -3.91. The number of hydrogen-bond acceptors (Lipinski definition) is 3. The molecule has 0 saturated carbocycles. The van der Waals surface area contributed by atoms with E-state index in [1.165, 1.54) is 30.3 Å². The molecule has 8 heteroatoms. The molecule has 2 N–H and O–H groups in total. The highest BCUT2D eigenvalue weighted by atomic mass is 35.5. The van der Waals surface area contributed by atoms with Crippen molar-refractivity contribution in [2.45, 2.75) is 4.90 Å². The van der Waals surface area contributed by atoms with E-state index in [9.17, 15) is 13.2 Å². The Hall–Kier alpha value is -1.76. The Balaban J connectivity index is 2.38. The molecule has 0 spiro atoms. The number of halogens is 2. The van der Waals surface area contributed by atoms with Crippen LogP contribution in [0.1, 0.15) is 10.4 Å². The molecule has 0 amide bonds. The predicted molar refractivity (Wildman–Crippen MR) is 80.7 cm³/mol. The lowest BCUT2D eigenvalue weighted by Gasteiger charge is -2.11. The van der Waals surface area contributed by atoms with Crippen LogP contribution in [0.5, 0.6) is 0 Å². The molecule has 2 aromatic rings. The van der Waals surface area contributed by atoms with E-state index in [0.717, 1.165) is 6.07 Å². The molecular formula is C13H9Cl2NO4S. The van der Waals surface area contributed by atoms with Crippen molar-refractivity contribution in [1.82, 2.24) is 0 Å². The second kappa shape index (κ2) is 5.93. The number of anilines is 1. The van der Waals surface area contributed by atoms with Crippen LogP contribution in [-0.2, 0) is 10.0 Å². The molecule has 0 saturated heterocycles. The Kier molecular flexibility index (Phi) is 4.41. The van der Waals surface area contributed by atoms with Crippen molar-refractivity contribution in [2.24, 2.45) is 0 Å². The van der Waals surface area contributed by atoms with Crippen molar-refractivity contribution in [3.8, 4) is 0 Å². The zero-order valence-electron chi connectivity index (χ0n) is 10.4. The highest BCUT2D eigenvalue weighted by molar-refractivity contribution is 7.92. The van der Waals surface area contributed by atoms with Gasteiger partial charge in [0.15, 0.2) is 0 Å². The Morgan fingerprint density at radius 2 is 1.71 bits per heavy atom. The van der Waals surface area contributed by atoms with Gasteiger partial charge >= 0.3 is 5.97 Å². The smallest absolute Gasteiger partial charge is 0.335 e. The molecule has 21 heavy (non-hydrogen) atoms. The van der Waals surface area contributed by atoms with Crippen LogP contribution >= 0.6 is 23.2 Å². The summed E-state index contributed by atoms with van der Waals surface area (Å²) in [5.74, 6) is -1.16. The van der Waals surface area contributed by atoms with Gasteiger partial charge in [-0.15, -0.1) is 0 Å². The maximum absolute atomic E-state index is 12.2. The third kappa shape index (κ3) is 3.47. The van der Waals surface area contributed by atoms with Crippen molar-refractivity contribution < 1.29 is 18.3 Å². The highest BCUT2D eigenvalue weighted by Crippen LogP contribution is 2.28. The van der Waals surface area contributed by atoms with E-state index < -0.39 is 16.0 Å². The lowest BCUT2D eigenvalue weighted by atomic mass is 10.2. The molecule has 110 valence electrons. The van der Waals surface area contributed by atoms with E-state index in [2.05, 4.69) is 4.72 Å². The number of benzene rings is 2. The zero-order valence-corrected chi connectivity index (χ0v) is 12.7. The molecule has 0 aromatic heterocycles. The third-order valence-electron chi connectivity index (χ3n) is 2.59. The summed E-state index contributed by atoms with van der Waals surface area (Å²) in [5, 5.41) is 8.88. The van der Waals surface area contributed by atoms with Crippen LogP contribution in [0.25, 0.3) is 0 Å². The van der Waals surface area contributed by atoms with E-state index >= 15 is 0 Å². The molecule has 0 heterocycles. The van der Waals surface area contributed by atoms with Gasteiger partial charge in [0.2, 0.25) is 0 Å². The van der Waals surface area contributed by atoms with E-state index in [-0.39, 0.29) is 26.2 Å². The minimum Gasteiger partial charge on any atom is -0.478 e. The van der Waals surface area contributed by atoms with Gasteiger partial charge in [-0.2, -0.15) is 0 Å². The van der Waals surface area contributed by atoms with Crippen LogP contribution in [0.2, 0.25) is 10.0 Å². The van der Waals surface area contributed by atoms with Gasteiger partial charge < -0.3 is 5.11 Å². The largest absolute Gasteiger partial charge is 0.478 e. The Morgan fingerprint density at radius 1 is 1.05 bits per heavy atom. The van der Waals surface area contributed by atoms with Crippen LogP contribution in [0, 0.1) is 0 Å². The summed E-state index contributed by atoms with van der Waals surface area (Å²) in [5.41, 5.74) is 0.0299. The van der Waals surface area contributed by atoms with Gasteiger partial charge in [-0.3, -0.25) is 4.72 Å². The summed E-state index contributed by atoms with van der Waals surface area (Å²) < 4.78 is 26.7. The molecule has 0 aliphatic carbocycles. The summed E-state index contributed by atoms with van der Waals surface area (Å²) in [6.45, 7) is 0. The molecule has 0 bridgehead atoms. The van der Waals surface area contributed by atoms with Gasteiger partial charge in [0.25, 0.3) is 10.0 Å². The average molecular weight is 346 g/mol. The number of carboxylic acids is 1. The highest BCUT2D eigenvalue weighted by Gasteiger charge is 2.19. The van der Waals surface area contributed by atoms with E-state index in [1.807, 2.05) is 0 Å². The molecule has 0 atom stereocenters. The first-order chi connectivity index (χ1) is 9.81. The first-order valence-electron chi connectivity index (χ1n) is 5.61. The molecule has 5 nitrogen and oxygen atoms in total. The standard InChI is InChI=1S/C13H9Cl2NO4S/c14-9-3-1-2-4-12(9)21(19,20)16-11-6-5-8(13(17)18)7-10(11)15/h1-7,16H,(H,17,18). The van der Waals surface area contributed by atoms with Crippen molar-refractivity contribution in [3.63, 3.8) is 0 Å². The van der Waals surface area contributed by atoms with Crippen LogP contribution < -0.4 is 4.72 Å². The number of carbonyl (C=O) groups is 1. The Morgan fingerprint density at radius 3 is 2.29 bits per heavy atom. The molecule has 2 aromatic carbocycles. The molecule has 0 aliphatic heterocycles. The van der Waals surface area contributed by atoms with Gasteiger partial charge in [-0.1, -0.05) is 35.3 Å². The maximum Gasteiger partial charge on any atom is 0.335 e. The predicted octanol–water partition coefficient (Wildman–Crippen LogP) is 3.49. The molecular weight excluding hydrogens is 337 g/mol. The average Bonchev–Trinajstić information content (AvgIpc) is 2.41. The number of nitrogens with one attached hydrogen (secondary N) is 1. The SMILES string of the molecule is O=C(O)c1ccc(NS(=O)(=O)c2ccccc2Cl)c(Cl)c1.